The quantitative estimate of drug-likeness (QED) is 0.259. The summed E-state index contributed by atoms with van der Waals surface area (Å²) in [6, 6.07) is 13.6. The van der Waals surface area contributed by atoms with Crippen molar-refractivity contribution in [3.63, 3.8) is 0 Å². The maximum Gasteiger partial charge on any atom is 0.126 e. The number of nitrogens with zero attached hydrogens (tertiary/aromatic N) is 1. The van der Waals surface area contributed by atoms with Gasteiger partial charge in [-0.2, -0.15) is 0 Å². The van der Waals surface area contributed by atoms with Gasteiger partial charge < -0.3 is 26.3 Å². The molecule has 0 amide bonds. The molecule has 2 aromatic carbocycles. The highest BCUT2D eigenvalue weighted by Gasteiger charge is 2.21. The maximum atomic E-state index is 13.9. The number of nitrogens with one attached hydrogen (secondary N) is 3. The number of aryl methyl sites for hydroxylation is 1. The summed E-state index contributed by atoms with van der Waals surface area (Å²) < 4.78 is 13.9. The van der Waals surface area contributed by atoms with Crippen LogP contribution in [0, 0.1) is 18.7 Å². The van der Waals surface area contributed by atoms with Crippen molar-refractivity contribution >= 4 is 22.5 Å². The predicted molar refractivity (Wildman–Crippen MR) is 160 cm³/mol. The number of halogens is 2. The van der Waals surface area contributed by atoms with Gasteiger partial charge in [0.2, 0.25) is 0 Å². The van der Waals surface area contributed by atoms with Crippen LogP contribution < -0.4 is 16.4 Å². The van der Waals surface area contributed by atoms with Crippen molar-refractivity contribution in [3.05, 3.63) is 94.8 Å². The minimum absolute atomic E-state index is 0.158. The van der Waals surface area contributed by atoms with E-state index in [1.54, 1.807) is 13.0 Å². The van der Waals surface area contributed by atoms with Crippen molar-refractivity contribution in [1.82, 2.24) is 20.5 Å². The van der Waals surface area contributed by atoms with Gasteiger partial charge in [-0.15, -0.1) is 0 Å². The van der Waals surface area contributed by atoms with E-state index >= 15 is 0 Å². The average Bonchev–Trinajstić information content (AvgIpc) is 3.58. The normalized spacial score (nSPS) is 16.6. The van der Waals surface area contributed by atoms with Crippen LogP contribution in [0.2, 0.25) is 5.02 Å². The summed E-state index contributed by atoms with van der Waals surface area (Å²) in [6.07, 6.45) is 5.79. The number of rotatable bonds is 8. The van der Waals surface area contributed by atoms with Gasteiger partial charge in [0.15, 0.2) is 0 Å². The van der Waals surface area contributed by atoms with E-state index in [4.69, 9.17) is 11.6 Å². The van der Waals surface area contributed by atoms with Gasteiger partial charge in [0.05, 0.1) is 12.4 Å². The Morgan fingerprint density at radius 3 is 2.55 bits per heavy atom. The molecular weight excluding hydrogens is 497 g/mol. The lowest BCUT2D eigenvalue weighted by molar-refractivity contribution is 0.237. The Morgan fingerprint density at radius 2 is 1.87 bits per heavy atom. The number of piperidine rings is 1. The third kappa shape index (κ3) is 9.10. The van der Waals surface area contributed by atoms with E-state index in [0.717, 1.165) is 70.6 Å². The van der Waals surface area contributed by atoms with Crippen LogP contribution in [0.1, 0.15) is 49.4 Å². The third-order valence-corrected chi connectivity index (χ3v) is 7.12. The predicted octanol–water partition coefficient (Wildman–Crippen LogP) is 6.63. The van der Waals surface area contributed by atoms with Gasteiger partial charge in [-0.3, -0.25) is 0 Å². The lowest BCUT2D eigenvalue weighted by Crippen LogP contribution is -2.46. The molecule has 38 heavy (non-hydrogen) atoms. The van der Waals surface area contributed by atoms with Gasteiger partial charge in [-0.05, 0) is 74.2 Å². The molecule has 2 fully saturated rings. The van der Waals surface area contributed by atoms with Crippen LogP contribution in [0.15, 0.2) is 67.1 Å². The van der Waals surface area contributed by atoms with E-state index in [1.165, 1.54) is 19.9 Å². The van der Waals surface area contributed by atoms with Gasteiger partial charge in [0.1, 0.15) is 5.82 Å². The summed E-state index contributed by atoms with van der Waals surface area (Å²) in [6.45, 7) is 15.0. The third-order valence-electron chi connectivity index (χ3n) is 6.89. The lowest BCUT2D eigenvalue weighted by Gasteiger charge is -2.36. The molecule has 1 saturated carbocycles. The van der Waals surface area contributed by atoms with Crippen molar-refractivity contribution in [2.45, 2.75) is 58.5 Å². The fraction of sp³-hybridized carbons (Fsp3) is 0.419. The van der Waals surface area contributed by atoms with Crippen LogP contribution >= 0.6 is 11.6 Å². The Labute approximate surface area is 232 Å². The molecule has 1 unspecified atom stereocenters. The monoisotopic (exact) mass is 539 g/mol. The first-order valence-electron chi connectivity index (χ1n) is 13.5. The molecule has 1 atom stereocenters. The van der Waals surface area contributed by atoms with E-state index < -0.39 is 0 Å². The molecule has 7 heteroatoms. The molecule has 206 valence electrons. The van der Waals surface area contributed by atoms with Crippen LogP contribution in [0.4, 0.5) is 4.39 Å². The Bertz CT molecular complexity index is 1220. The van der Waals surface area contributed by atoms with Crippen LogP contribution in [0.5, 0.6) is 0 Å². The summed E-state index contributed by atoms with van der Waals surface area (Å²) >= 11 is 6.08. The average molecular weight is 540 g/mol. The van der Waals surface area contributed by atoms with E-state index in [1.807, 2.05) is 30.3 Å². The highest BCUT2D eigenvalue weighted by molar-refractivity contribution is 6.31. The molecule has 1 aliphatic carbocycles. The number of allylic oxidation sites excluding steroid dienone is 1. The second-order valence-electron chi connectivity index (χ2n) is 10.3. The second-order valence-corrected chi connectivity index (χ2v) is 10.7. The van der Waals surface area contributed by atoms with Crippen molar-refractivity contribution in [2.24, 2.45) is 11.7 Å². The fourth-order valence-electron chi connectivity index (χ4n) is 4.40. The number of aromatic amines is 1. The number of aromatic nitrogens is 1. The lowest BCUT2D eigenvalue weighted by atomic mass is 10.0. The molecule has 5 nitrogen and oxygen atoms in total. The highest BCUT2D eigenvalue weighted by Crippen LogP contribution is 2.26. The van der Waals surface area contributed by atoms with Crippen molar-refractivity contribution < 1.29 is 4.39 Å². The molecule has 3 aromatic rings. The molecule has 5 N–H and O–H groups in total. The second kappa shape index (κ2) is 14.3. The van der Waals surface area contributed by atoms with Crippen LogP contribution in [-0.4, -0.2) is 36.1 Å². The molecule has 0 radical (unpaired) electrons. The van der Waals surface area contributed by atoms with Crippen molar-refractivity contribution in [2.75, 3.05) is 20.1 Å². The van der Waals surface area contributed by atoms with Gasteiger partial charge in [0.25, 0.3) is 0 Å². The standard InChI is InChI=1S/C26H30ClFN4.C4H8.CH5N/c1-17-6-7-20(12-25(17)28)11-18(2)32-10-4-5-23(16-32)30-19(3)29-15-24-14-21-13-22(27)8-9-26(21)31-24;1-4-2-3-4;1-2/h6-9,12-14,23,29-31H,2-5,10-11,15-16H2,1H3;4H,2-3H2,1H3;2H2,1H3. The molecule has 2 heterocycles. The van der Waals surface area contributed by atoms with E-state index in [-0.39, 0.29) is 11.9 Å². The minimum Gasteiger partial charge on any atom is -0.373 e. The molecule has 0 bridgehead atoms. The van der Waals surface area contributed by atoms with Crippen molar-refractivity contribution in [1.29, 1.82) is 0 Å². The molecule has 1 saturated heterocycles. The summed E-state index contributed by atoms with van der Waals surface area (Å²) in [5, 5.41) is 8.71. The number of likely N-dealkylation sites (tertiary alicyclic amines) is 1. The summed E-state index contributed by atoms with van der Waals surface area (Å²) in [5.41, 5.74) is 9.30. The first kappa shape index (κ1) is 29.6. The number of hydrogen-bond acceptors (Lipinski definition) is 4. The number of H-pyrrole nitrogens is 1. The smallest absolute Gasteiger partial charge is 0.126 e. The van der Waals surface area contributed by atoms with Crippen LogP contribution in [-0.2, 0) is 13.0 Å². The number of benzene rings is 2. The van der Waals surface area contributed by atoms with E-state index in [9.17, 15) is 4.39 Å². The maximum absolute atomic E-state index is 13.9. The largest absolute Gasteiger partial charge is 0.373 e. The number of nitrogens with two attached hydrogens (primary N) is 1. The molecule has 5 rings (SSSR count). The summed E-state index contributed by atoms with van der Waals surface area (Å²) in [5.74, 6) is 1.73. The minimum atomic E-state index is -0.158. The highest BCUT2D eigenvalue weighted by atomic mass is 35.5. The summed E-state index contributed by atoms with van der Waals surface area (Å²) in [7, 11) is 1.50. The van der Waals surface area contributed by atoms with Gasteiger partial charge in [-0.1, -0.05) is 56.7 Å². The fourth-order valence-corrected chi connectivity index (χ4v) is 4.58. The number of fused-ring (bicyclic) bond motifs is 1. The van der Waals surface area contributed by atoms with E-state index in [2.05, 4.69) is 52.4 Å². The van der Waals surface area contributed by atoms with Crippen molar-refractivity contribution in [3.8, 4) is 0 Å². The Balaban J connectivity index is 0.000000598. The van der Waals surface area contributed by atoms with Crippen LogP contribution in [0.3, 0.4) is 0 Å². The molecule has 1 aromatic heterocycles. The first-order valence-corrected chi connectivity index (χ1v) is 13.9. The zero-order chi connectivity index (χ0) is 27.7. The molecule has 2 aliphatic rings. The molecule has 0 spiro atoms. The van der Waals surface area contributed by atoms with Gasteiger partial charge in [-0.25, -0.2) is 4.39 Å². The van der Waals surface area contributed by atoms with Gasteiger partial charge >= 0.3 is 0 Å². The first-order chi connectivity index (χ1) is 18.3. The Kier molecular flexibility index (Phi) is 11.1. The number of hydrogen-bond donors (Lipinski definition) is 4. The van der Waals surface area contributed by atoms with Gasteiger partial charge in [0, 0.05) is 52.9 Å². The zero-order valence-corrected chi connectivity index (χ0v) is 23.8. The SMILES string of the molecule is C=C(NCc1cc2cc(Cl)ccc2[nH]1)NC1CCCN(C(=C)Cc2ccc(C)c(F)c2)C1.CC1CC1.CN. The summed E-state index contributed by atoms with van der Waals surface area (Å²) in [4.78, 5) is 5.70. The molecule has 1 aliphatic heterocycles. The Morgan fingerprint density at radius 1 is 1.13 bits per heavy atom. The van der Waals surface area contributed by atoms with E-state index in [0.29, 0.717) is 18.5 Å². The topological polar surface area (TPSA) is 69.1 Å². The Hall–Kier alpha value is -2.96. The zero-order valence-electron chi connectivity index (χ0n) is 23.0. The van der Waals surface area contributed by atoms with Crippen LogP contribution in [0.25, 0.3) is 10.9 Å². The molecular formula is C31H43ClFN5.